The first-order chi connectivity index (χ1) is 9.20. The van der Waals surface area contributed by atoms with Gasteiger partial charge in [-0.2, -0.15) is 0 Å². The maximum Gasteiger partial charge on any atom is 0.236 e. The van der Waals surface area contributed by atoms with Crippen molar-refractivity contribution >= 4 is 5.91 Å². The molecule has 1 aromatic rings. The Labute approximate surface area is 113 Å². The van der Waals surface area contributed by atoms with Gasteiger partial charge in [0, 0.05) is 6.54 Å². The number of likely N-dealkylation sites (N-methyl/N-ethyl adjacent to an activating group) is 1. The van der Waals surface area contributed by atoms with Crippen molar-refractivity contribution in [2.75, 3.05) is 26.8 Å². The van der Waals surface area contributed by atoms with Crippen LogP contribution in [0.5, 0.6) is 11.5 Å². The summed E-state index contributed by atoms with van der Waals surface area (Å²) >= 11 is 0. The maximum absolute atomic E-state index is 11.6. The van der Waals surface area contributed by atoms with Crippen LogP contribution >= 0.6 is 0 Å². The molecule has 1 aromatic carbocycles. The molecule has 1 unspecified atom stereocenters. The highest BCUT2D eigenvalue weighted by Crippen LogP contribution is 2.30. The molecule has 1 aliphatic heterocycles. The molecule has 0 bridgehead atoms. The summed E-state index contributed by atoms with van der Waals surface area (Å²) in [5, 5.41) is 5.79. The molecule has 0 aliphatic carbocycles. The molecular formula is C14H20N2O3. The van der Waals surface area contributed by atoms with Crippen LogP contribution in [-0.2, 0) is 11.2 Å². The molecule has 1 amide bonds. The summed E-state index contributed by atoms with van der Waals surface area (Å²) in [5.74, 6) is 1.60. The normalized spacial score (nSPS) is 14.8. The van der Waals surface area contributed by atoms with E-state index in [0.717, 1.165) is 23.5 Å². The number of rotatable bonds is 5. The highest BCUT2D eigenvalue weighted by Gasteiger charge is 2.12. The highest BCUT2D eigenvalue weighted by molar-refractivity contribution is 5.81. The molecule has 104 valence electrons. The Morgan fingerprint density at radius 2 is 2.05 bits per heavy atom. The molecule has 0 fully saturated rings. The zero-order valence-electron chi connectivity index (χ0n) is 11.4. The van der Waals surface area contributed by atoms with Crippen LogP contribution in [0.4, 0.5) is 0 Å². The number of hydrogen-bond donors (Lipinski definition) is 2. The molecule has 2 rings (SSSR count). The number of ether oxygens (including phenoxy) is 2. The van der Waals surface area contributed by atoms with Gasteiger partial charge in [-0.25, -0.2) is 0 Å². The second kappa shape index (κ2) is 6.43. The molecule has 2 N–H and O–H groups in total. The molecule has 0 aromatic heterocycles. The molecule has 5 nitrogen and oxygen atoms in total. The third-order valence-electron chi connectivity index (χ3n) is 3.15. The maximum atomic E-state index is 11.6. The zero-order valence-corrected chi connectivity index (χ0v) is 11.4. The van der Waals surface area contributed by atoms with Crippen molar-refractivity contribution in [3.05, 3.63) is 23.8 Å². The van der Waals surface area contributed by atoms with E-state index in [1.165, 1.54) is 0 Å². The van der Waals surface area contributed by atoms with Gasteiger partial charge in [-0.3, -0.25) is 4.79 Å². The van der Waals surface area contributed by atoms with E-state index >= 15 is 0 Å². The minimum Gasteiger partial charge on any atom is -0.486 e. The van der Waals surface area contributed by atoms with Crippen molar-refractivity contribution in [3.63, 3.8) is 0 Å². The summed E-state index contributed by atoms with van der Waals surface area (Å²) in [6.45, 7) is 3.64. The first kappa shape index (κ1) is 13.7. The predicted molar refractivity (Wildman–Crippen MR) is 72.7 cm³/mol. The second-order valence-electron chi connectivity index (χ2n) is 4.53. The summed E-state index contributed by atoms with van der Waals surface area (Å²) in [5.41, 5.74) is 1.13. The van der Waals surface area contributed by atoms with Gasteiger partial charge in [-0.15, -0.1) is 0 Å². The number of benzene rings is 1. The summed E-state index contributed by atoms with van der Waals surface area (Å²) in [6, 6.07) is 5.73. The number of hydrogen-bond acceptors (Lipinski definition) is 4. The van der Waals surface area contributed by atoms with E-state index in [4.69, 9.17) is 9.47 Å². The molecule has 1 aliphatic rings. The fourth-order valence-electron chi connectivity index (χ4n) is 1.86. The van der Waals surface area contributed by atoms with Gasteiger partial charge in [0.25, 0.3) is 0 Å². The van der Waals surface area contributed by atoms with Crippen molar-refractivity contribution in [2.24, 2.45) is 0 Å². The van der Waals surface area contributed by atoms with Gasteiger partial charge in [0.15, 0.2) is 11.5 Å². The molecule has 0 saturated carbocycles. The Morgan fingerprint density at radius 1 is 1.32 bits per heavy atom. The Balaban J connectivity index is 1.85. The Bertz CT molecular complexity index is 448. The average Bonchev–Trinajstić information content (AvgIpc) is 2.46. The van der Waals surface area contributed by atoms with Gasteiger partial charge in [0.05, 0.1) is 6.04 Å². The standard InChI is InChI=1S/C14H20N2O3/c1-10(15-2)14(17)16-6-5-11-3-4-12-13(9-11)19-8-7-18-12/h3-4,9-10,15H,5-8H2,1-2H3,(H,16,17). The fraction of sp³-hybridized carbons (Fsp3) is 0.500. The van der Waals surface area contributed by atoms with Crippen molar-refractivity contribution < 1.29 is 14.3 Å². The summed E-state index contributed by atoms with van der Waals surface area (Å²) in [4.78, 5) is 11.6. The molecule has 0 spiro atoms. The van der Waals surface area contributed by atoms with E-state index in [1.54, 1.807) is 7.05 Å². The second-order valence-corrected chi connectivity index (χ2v) is 4.53. The number of fused-ring (bicyclic) bond motifs is 1. The third-order valence-corrected chi connectivity index (χ3v) is 3.15. The van der Waals surface area contributed by atoms with E-state index in [1.807, 2.05) is 25.1 Å². The van der Waals surface area contributed by atoms with Crippen molar-refractivity contribution in [1.29, 1.82) is 0 Å². The van der Waals surface area contributed by atoms with Gasteiger partial charge in [0.2, 0.25) is 5.91 Å². The fourth-order valence-corrected chi connectivity index (χ4v) is 1.86. The quantitative estimate of drug-likeness (QED) is 0.823. The lowest BCUT2D eigenvalue weighted by Crippen LogP contribution is -2.41. The zero-order chi connectivity index (χ0) is 13.7. The molecular weight excluding hydrogens is 244 g/mol. The Morgan fingerprint density at radius 3 is 2.79 bits per heavy atom. The van der Waals surface area contributed by atoms with Crippen LogP contribution in [0.15, 0.2) is 18.2 Å². The van der Waals surface area contributed by atoms with E-state index < -0.39 is 0 Å². The molecule has 1 heterocycles. The predicted octanol–water partition coefficient (Wildman–Crippen LogP) is 0.724. The van der Waals surface area contributed by atoms with Crippen LogP contribution in [0, 0.1) is 0 Å². The number of nitrogens with one attached hydrogen (secondary N) is 2. The summed E-state index contributed by atoms with van der Waals surface area (Å²) in [6.07, 6.45) is 0.777. The van der Waals surface area contributed by atoms with Crippen LogP contribution in [0.25, 0.3) is 0 Å². The first-order valence-corrected chi connectivity index (χ1v) is 6.54. The topological polar surface area (TPSA) is 59.6 Å². The summed E-state index contributed by atoms with van der Waals surface area (Å²) < 4.78 is 11.0. The Kier molecular flexibility index (Phi) is 4.63. The number of carbonyl (C=O) groups excluding carboxylic acids is 1. The molecule has 19 heavy (non-hydrogen) atoms. The van der Waals surface area contributed by atoms with Crippen LogP contribution in [0.3, 0.4) is 0 Å². The smallest absolute Gasteiger partial charge is 0.236 e. The lowest BCUT2D eigenvalue weighted by molar-refractivity contribution is -0.122. The minimum atomic E-state index is -0.166. The van der Waals surface area contributed by atoms with Gasteiger partial charge in [-0.1, -0.05) is 6.07 Å². The lowest BCUT2D eigenvalue weighted by atomic mass is 10.1. The monoisotopic (exact) mass is 264 g/mol. The van der Waals surface area contributed by atoms with E-state index in [2.05, 4.69) is 10.6 Å². The van der Waals surface area contributed by atoms with Gasteiger partial charge in [-0.05, 0) is 38.1 Å². The lowest BCUT2D eigenvalue weighted by Gasteiger charge is -2.19. The van der Waals surface area contributed by atoms with E-state index in [0.29, 0.717) is 19.8 Å². The first-order valence-electron chi connectivity index (χ1n) is 6.54. The number of carbonyl (C=O) groups is 1. The largest absolute Gasteiger partial charge is 0.486 e. The van der Waals surface area contributed by atoms with Crippen molar-refractivity contribution in [3.8, 4) is 11.5 Å². The Hall–Kier alpha value is -1.75. The molecule has 0 radical (unpaired) electrons. The van der Waals surface area contributed by atoms with E-state index in [9.17, 15) is 4.79 Å². The van der Waals surface area contributed by atoms with Gasteiger partial charge >= 0.3 is 0 Å². The van der Waals surface area contributed by atoms with Crippen molar-refractivity contribution in [1.82, 2.24) is 10.6 Å². The van der Waals surface area contributed by atoms with Crippen LogP contribution in [0.2, 0.25) is 0 Å². The van der Waals surface area contributed by atoms with Crippen LogP contribution < -0.4 is 20.1 Å². The molecule has 1 atom stereocenters. The average molecular weight is 264 g/mol. The SMILES string of the molecule is CNC(C)C(=O)NCCc1ccc2c(c1)OCCO2. The number of amides is 1. The van der Waals surface area contributed by atoms with Crippen molar-refractivity contribution in [2.45, 2.75) is 19.4 Å². The molecule has 5 heteroatoms. The van der Waals surface area contributed by atoms with Crippen LogP contribution in [0.1, 0.15) is 12.5 Å². The van der Waals surface area contributed by atoms with Gasteiger partial charge in [0.1, 0.15) is 13.2 Å². The summed E-state index contributed by atoms with van der Waals surface area (Å²) in [7, 11) is 1.77. The van der Waals surface area contributed by atoms with Gasteiger partial charge < -0.3 is 20.1 Å². The highest BCUT2D eigenvalue weighted by atomic mass is 16.6. The minimum absolute atomic E-state index is 0.0139. The van der Waals surface area contributed by atoms with Crippen LogP contribution in [-0.4, -0.2) is 38.8 Å². The van der Waals surface area contributed by atoms with E-state index in [-0.39, 0.29) is 11.9 Å². The molecule has 0 saturated heterocycles. The third kappa shape index (κ3) is 3.61.